The molecular formula is C16H19BFNO4S. The molecule has 0 amide bonds. The molecule has 2 N–H and O–H groups in total. The van der Waals surface area contributed by atoms with Crippen molar-refractivity contribution in [1.82, 2.24) is 4.90 Å². The van der Waals surface area contributed by atoms with E-state index in [0.29, 0.717) is 11.4 Å². The predicted molar refractivity (Wildman–Crippen MR) is 89.5 cm³/mol. The first-order valence-electron chi connectivity index (χ1n) is 8.20. The maximum Gasteiger partial charge on any atom is 0.526 e. The highest BCUT2D eigenvalue weighted by atomic mass is 32.2. The number of hydrogen-bond acceptors (Lipinski definition) is 5. The first-order chi connectivity index (χ1) is 11.5. The molecule has 24 heavy (non-hydrogen) atoms. The van der Waals surface area contributed by atoms with Gasteiger partial charge in [-0.15, -0.1) is 0 Å². The van der Waals surface area contributed by atoms with Gasteiger partial charge in [-0.25, -0.2) is 9.18 Å². The maximum absolute atomic E-state index is 14.7. The van der Waals surface area contributed by atoms with Gasteiger partial charge in [0.15, 0.2) is 5.50 Å². The van der Waals surface area contributed by atoms with Crippen molar-refractivity contribution in [3.8, 4) is 5.75 Å². The van der Waals surface area contributed by atoms with Crippen molar-refractivity contribution in [2.45, 2.75) is 35.0 Å². The lowest BCUT2D eigenvalue weighted by Gasteiger charge is -2.23. The lowest BCUT2D eigenvalue weighted by molar-refractivity contribution is 0.0690. The SMILES string of the molecule is CN1CCC(C(F)Sc2ccc3c(c2C(=O)O)OB(O)C2CC32)C1. The highest BCUT2D eigenvalue weighted by Gasteiger charge is 2.54. The number of aromatic carboxylic acids is 1. The van der Waals surface area contributed by atoms with Crippen LogP contribution in [0.5, 0.6) is 5.75 Å². The minimum Gasteiger partial charge on any atom is -0.535 e. The van der Waals surface area contributed by atoms with Crippen LogP contribution in [0.25, 0.3) is 0 Å². The number of carboxylic acids is 1. The van der Waals surface area contributed by atoms with Crippen LogP contribution in [-0.4, -0.2) is 53.8 Å². The van der Waals surface area contributed by atoms with Crippen molar-refractivity contribution >= 4 is 24.8 Å². The van der Waals surface area contributed by atoms with Gasteiger partial charge in [0.1, 0.15) is 11.3 Å². The summed E-state index contributed by atoms with van der Waals surface area (Å²) in [4.78, 5) is 14.2. The van der Waals surface area contributed by atoms with Gasteiger partial charge in [-0.2, -0.15) is 0 Å². The van der Waals surface area contributed by atoms with E-state index in [0.717, 1.165) is 36.7 Å². The standard InChI is InChI=1S/C16H19BFNO4S/c1-19-5-4-8(7-19)15(18)24-12-3-2-9-10-6-11(10)17(22)23-14(9)13(12)16(20)21/h2-3,8,10-11,15,22H,4-7H2,1H3,(H,20,21). The van der Waals surface area contributed by atoms with Crippen LogP contribution in [0.4, 0.5) is 4.39 Å². The van der Waals surface area contributed by atoms with Crippen LogP contribution in [-0.2, 0) is 0 Å². The first-order valence-corrected chi connectivity index (χ1v) is 9.08. The Kier molecular flexibility index (Phi) is 4.01. The number of benzene rings is 1. The van der Waals surface area contributed by atoms with Crippen molar-refractivity contribution in [2.75, 3.05) is 20.1 Å². The summed E-state index contributed by atoms with van der Waals surface area (Å²) >= 11 is 0.951. The molecular weight excluding hydrogens is 332 g/mol. The molecule has 8 heteroatoms. The van der Waals surface area contributed by atoms with Crippen molar-refractivity contribution < 1.29 is 24.0 Å². The van der Waals surface area contributed by atoms with E-state index in [4.69, 9.17) is 4.65 Å². The lowest BCUT2D eigenvalue weighted by atomic mass is 9.77. The number of carboxylic acid groups (broad SMARTS) is 1. The quantitative estimate of drug-likeness (QED) is 0.642. The molecule has 4 rings (SSSR count). The van der Waals surface area contributed by atoms with E-state index >= 15 is 0 Å². The Morgan fingerprint density at radius 3 is 3.00 bits per heavy atom. The number of rotatable bonds is 4. The summed E-state index contributed by atoms with van der Waals surface area (Å²) in [6.07, 6.45) is 1.58. The minimum atomic E-state index is -1.16. The second kappa shape index (κ2) is 5.93. The second-order valence-corrected chi connectivity index (χ2v) is 8.08. The Morgan fingerprint density at radius 2 is 2.33 bits per heavy atom. The fourth-order valence-corrected chi connectivity index (χ4v) is 4.90. The molecule has 0 spiro atoms. The zero-order valence-corrected chi connectivity index (χ0v) is 14.1. The van der Waals surface area contributed by atoms with Crippen molar-refractivity contribution in [2.24, 2.45) is 5.92 Å². The number of hydrogen-bond donors (Lipinski definition) is 2. The molecule has 1 saturated heterocycles. The summed E-state index contributed by atoms with van der Waals surface area (Å²) in [7, 11) is 0.991. The monoisotopic (exact) mass is 351 g/mol. The molecule has 2 fully saturated rings. The van der Waals surface area contributed by atoms with Gasteiger partial charge in [-0.05, 0) is 44.0 Å². The van der Waals surface area contributed by atoms with Gasteiger partial charge in [0, 0.05) is 23.2 Å². The largest absolute Gasteiger partial charge is 0.535 e. The Labute approximate surface area is 144 Å². The van der Waals surface area contributed by atoms with Gasteiger partial charge in [0.05, 0.1) is 0 Å². The molecule has 0 aromatic heterocycles. The van der Waals surface area contributed by atoms with E-state index in [1.165, 1.54) is 0 Å². The molecule has 0 bridgehead atoms. The molecule has 5 nitrogen and oxygen atoms in total. The van der Waals surface area contributed by atoms with Gasteiger partial charge >= 0.3 is 13.1 Å². The zero-order valence-electron chi connectivity index (χ0n) is 13.3. The topological polar surface area (TPSA) is 70.0 Å². The van der Waals surface area contributed by atoms with E-state index in [1.807, 2.05) is 13.1 Å². The van der Waals surface area contributed by atoms with Gasteiger partial charge < -0.3 is 19.7 Å². The molecule has 4 atom stereocenters. The van der Waals surface area contributed by atoms with Gasteiger partial charge in [0.25, 0.3) is 0 Å². The smallest absolute Gasteiger partial charge is 0.526 e. The molecule has 128 valence electrons. The number of nitrogens with zero attached hydrogens (tertiary/aromatic N) is 1. The molecule has 2 aliphatic heterocycles. The number of likely N-dealkylation sites (tertiary alicyclic amines) is 1. The molecule has 0 radical (unpaired) electrons. The summed E-state index contributed by atoms with van der Waals surface area (Å²) in [5, 5.41) is 19.6. The van der Waals surface area contributed by atoms with E-state index < -0.39 is 18.6 Å². The van der Waals surface area contributed by atoms with Crippen LogP contribution in [0.2, 0.25) is 5.82 Å². The summed E-state index contributed by atoms with van der Waals surface area (Å²) in [5.74, 6) is -0.811. The number of fused-ring (bicyclic) bond motifs is 3. The number of alkyl halides is 1. The Balaban J connectivity index is 1.64. The zero-order chi connectivity index (χ0) is 17.0. The Bertz CT molecular complexity index is 690. The van der Waals surface area contributed by atoms with E-state index in [2.05, 4.69) is 4.90 Å². The van der Waals surface area contributed by atoms with Crippen LogP contribution in [0.15, 0.2) is 17.0 Å². The fraction of sp³-hybridized carbons (Fsp3) is 0.562. The number of halogens is 1. The summed E-state index contributed by atoms with van der Waals surface area (Å²) in [6.45, 7) is 1.54. The summed E-state index contributed by atoms with van der Waals surface area (Å²) in [5.41, 5.74) is -0.354. The minimum absolute atomic E-state index is 0.0177. The molecule has 1 aromatic carbocycles. The van der Waals surface area contributed by atoms with Crippen LogP contribution >= 0.6 is 11.8 Å². The average Bonchev–Trinajstić information content (AvgIpc) is 3.22. The normalized spacial score (nSPS) is 29.6. The summed E-state index contributed by atoms with van der Waals surface area (Å²) < 4.78 is 20.1. The third-order valence-electron chi connectivity index (χ3n) is 5.25. The third kappa shape index (κ3) is 2.70. The van der Waals surface area contributed by atoms with Crippen LogP contribution in [0.3, 0.4) is 0 Å². The number of thioether (sulfide) groups is 1. The Morgan fingerprint density at radius 1 is 1.54 bits per heavy atom. The van der Waals surface area contributed by atoms with Gasteiger partial charge in [-0.3, -0.25) is 0 Å². The molecule has 3 aliphatic rings. The average molecular weight is 351 g/mol. The maximum atomic E-state index is 14.7. The van der Waals surface area contributed by atoms with Crippen LogP contribution < -0.4 is 4.65 Å². The van der Waals surface area contributed by atoms with Crippen molar-refractivity contribution in [3.05, 3.63) is 23.3 Å². The molecule has 1 aromatic rings. The first kappa shape index (κ1) is 16.2. The molecule has 4 unspecified atom stereocenters. The van der Waals surface area contributed by atoms with Gasteiger partial charge in [-0.1, -0.05) is 17.8 Å². The summed E-state index contributed by atoms with van der Waals surface area (Å²) in [6, 6.07) is 3.52. The van der Waals surface area contributed by atoms with E-state index in [9.17, 15) is 19.3 Å². The Hall–Kier alpha value is -1.25. The lowest BCUT2D eigenvalue weighted by Crippen LogP contribution is -2.27. The molecule has 2 heterocycles. The second-order valence-electron chi connectivity index (χ2n) is 6.96. The van der Waals surface area contributed by atoms with Crippen LogP contribution in [0.1, 0.15) is 34.7 Å². The fourth-order valence-electron chi connectivity index (χ4n) is 3.80. The van der Waals surface area contributed by atoms with Crippen LogP contribution in [0, 0.1) is 5.92 Å². The van der Waals surface area contributed by atoms with Crippen molar-refractivity contribution in [1.29, 1.82) is 0 Å². The third-order valence-corrected chi connectivity index (χ3v) is 6.45. The molecule has 1 saturated carbocycles. The molecule has 1 aliphatic carbocycles. The highest BCUT2D eigenvalue weighted by Crippen LogP contribution is 2.60. The van der Waals surface area contributed by atoms with Crippen molar-refractivity contribution in [3.63, 3.8) is 0 Å². The van der Waals surface area contributed by atoms with E-state index in [-0.39, 0.29) is 29.0 Å². The van der Waals surface area contributed by atoms with E-state index in [1.54, 1.807) is 6.07 Å². The highest BCUT2D eigenvalue weighted by molar-refractivity contribution is 7.99. The van der Waals surface area contributed by atoms with Gasteiger partial charge in [0.2, 0.25) is 0 Å². The predicted octanol–water partition coefficient (Wildman–Crippen LogP) is 2.45. The number of carbonyl (C=O) groups is 1.